The van der Waals surface area contributed by atoms with Gasteiger partial charge in [0, 0.05) is 43.0 Å². The van der Waals surface area contributed by atoms with E-state index in [1.165, 1.54) is 6.07 Å². The van der Waals surface area contributed by atoms with Gasteiger partial charge in [-0.15, -0.1) is 11.3 Å². The molecule has 0 atom stereocenters. The molecule has 1 fully saturated rings. The number of hydrogen-bond acceptors (Lipinski definition) is 7. The first-order valence-electron chi connectivity index (χ1n) is 12.6. The molecule has 11 heteroatoms. The molecule has 1 aliphatic heterocycles. The molecule has 3 aromatic heterocycles. The lowest BCUT2D eigenvalue weighted by Crippen LogP contribution is -2.36. The quantitative estimate of drug-likeness (QED) is 0.304. The molecule has 0 radical (unpaired) electrons. The number of benzene rings is 1. The van der Waals surface area contributed by atoms with Crippen LogP contribution >= 0.6 is 11.3 Å². The third-order valence-electron chi connectivity index (χ3n) is 6.47. The first kappa shape index (κ1) is 26.1. The summed E-state index contributed by atoms with van der Waals surface area (Å²) in [6, 6.07) is 8.92. The maximum absolute atomic E-state index is 13.4. The second-order valence-corrected chi connectivity index (χ2v) is 10.9. The highest BCUT2D eigenvalue weighted by atomic mass is 32.1. The van der Waals surface area contributed by atoms with E-state index in [9.17, 15) is 18.0 Å². The average molecular weight is 544 g/mol. The van der Waals surface area contributed by atoms with Crippen molar-refractivity contribution in [1.29, 1.82) is 0 Å². The van der Waals surface area contributed by atoms with Gasteiger partial charge in [-0.05, 0) is 35.9 Å². The molecule has 5 rings (SSSR count). The Balaban J connectivity index is 1.50. The molecule has 0 aliphatic carbocycles. The number of nitrogens with zero attached hydrogens (tertiary/aromatic N) is 5. The third-order valence-corrected chi connectivity index (χ3v) is 7.35. The summed E-state index contributed by atoms with van der Waals surface area (Å²) in [4.78, 5) is 27.3. The van der Waals surface area contributed by atoms with Crippen molar-refractivity contribution in [2.75, 3.05) is 31.1 Å². The number of alkyl halides is 3. The summed E-state index contributed by atoms with van der Waals surface area (Å²) < 4.78 is 45.8. The number of fused-ring (bicyclic) bond motifs is 1. The Morgan fingerprint density at radius 3 is 2.68 bits per heavy atom. The van der Waals surface area contributed by atoms with Crippen LogP contribution in [-0.4, -0.2) is 52.1 Å². The van der Waals surface area contributed by atoms with Crippen LogP contribution in [0.2, 0.25) is 0 Å². The fourth-order valence-corrected chi connectivity index (χ4v) is 5.35. The first-order valence-corrected chi connectivity index (χ1v) is 13.5. The molecule has 1 aliphatic rings. The number of anilines is 1. The van der Waals surface area contributed by atoms with E-state index in [1.807, 2.05) is 22.4 Å². The molecule has 4 heterocycles. The van der Waals surface area contributed by atoms with Crippen LogP contribution in [0.5, 0.6) is 0 Å². The van der Waals surface area contributed by atoms with Crippen molar-refractivity contribution in [3.05, 3.63) is 58.0 Å². The minimum Gasteiger partial charge on any atom is -0.354 e. The number of thiophene rings is 1. The average Bonchev–Trinajstić information content (AvgIpc) is 3.46. The number of carbonyl (C=O) groups excluding carboxylic acids is 1. The molecule has 0 bridgehead atoms. The summed E-state index contributed by atoms with van der Waals surface area (Å²) in [6.07, 6.45) is -2.77. The summed E-state index contributed by atoms with van der Waals surface area (Å²) in [7, 11) is 0. The first-order chi connectivity index (χ1) is 18.2. The summed E-state index contributed by atoms with van der Waals surface area (Å²) in [5.41, 5.74) is 0.0299. The lowest BCUT2D eigenvalue weighted by Gasteiger charge is -2.24. The smallest absolute Gasteiger partial charge is 0.354 e. The third kappa shape index (κ3) is 5.67. The number of hydrogen-bond donors (Lipinski definition) is 0. The highest BCUT2D eigenvalue weighted by Crippen LogP contribution is 2.37. The maximum atomic E-state index is 13.4. The highest BCUT2D eigenvalue weighted by Gasteiger charge is 2.32. The van der Waals surface area contributed by atoms with Gasteiger partial charge in [0.15, 0.2) is 0 Å². The molecular formula is C27H28F3N5O2S. The van der Waals surface area contributed by atoms with E-state index >= 15 is 0 Å². The minimum atomic E-state index is -4.48. The van der Waals surface area contributed by atoms with Crippen molar-refractivity contribution in [2.24, 2.45) is 5.92 Å². The predicted molar refractivity (Wildman–Crippen MR) is 140 cm³/mol. The minimum absolute atomic E-state index is 0.0808. The molecule has 1 saturated heterocycles. The summed E-state index contributed by atoms with van der Waals surface area (Å²) in [6.45, 7) is 6.41. The lowest BCUT2D eigenvalue weighted by atomic mass is 10.1. The van der Waals surface area contributed by atoms with E-state index in [4.69, 9.17) is 9.51 Å². The standard InChI is InChI=1S/C27H28F3N5O2S/c1-17(2)14-21-31-25(35-10-5-9-34(11-12-35)22(36)16-20-8-4-13-38-20)23-24(33-37-26(23)32-21)18-6-3-7-19(15-18)27(28,29)30/h3-4,6-8,13,15,17H,5,9-12,14,16H2,1-2H3. The van der Waals surface area contributed by atoms with Crippen molar-refractivity contribution in [3.8, 4) is 11.3 Å². The van der Waals surface area contributed by atoms with Crippen LogP contribution in [0.15, 0.2) is 46.3 Å². The zero-order valence-electron chi connectivity index (χ0n) is 21.2. The van der Waals surface area contributed by atoms with Crippen LogP contribution in [0.1, 0.15) is 36.5 Å². The Labute approximate surface area is 222 Å². The topological polar surface area (TPSA) is 75.4 Å². The Hall–Kier alpha value is -3.47. The molecule has 38 heavy (non-hydrogen) atoms. The second-order valence-electron chi connectivity index (χ2n) is 9.83. The lowest BCUT2D eigenvalue weighted by molar-refractivity contribution is -0.137. The summed E-state index contributed by atoms with van der Waals surface area (Å²) in [5, 5.41) is 6.58. The van der Waals surface area contributed by atoms with Crippen molar-refractivity contribution in [3.63, 3.8) is 0 Å². The van der Waals surface area contributed by atoms with Crippen molar-refractivity contribution in [2.45, 2.75) is 39.3 Å². The molecule has 4 aromatic rings. The van der Waals surface area contributed by atoms with Gasteiger partial charge >= 0.3 is 6.18 Å². The fourth-order valence-electron chi connectivity index (χ4n) is 4.66. The number of aromatic nitrogens is 3. The monoisotopic (exact) mass is 543 g/mol. The summed E-state index contributed by atoms with van der Waals surface area (Å²) >= 11 is 1.57. The van der Waals surface area contributed by atoms with Gasteiger partial charge in [0.2, 0.25) is 5.91 Å². The molecule has 1 aromatic carbocycles. The normalized spacial score (nSPS) is 14.9. The van der Waals surface area contributed by atoms with Crippen LogP contribution in [0, 0.1) is 5.92 Å². The van der Waals surface area contributed by atoms with Crippen molar-refractivity contribution >= 4 is 34.2 Å². The summed E-state index contributed by atoms with van der Waals surface area (Å²) in [5.74, 6) is 1.54. The molecule has 0 saturated carbocycles. The molecule has 0 unspecified atom stereocenters. The van der Waals surface area contributed by atoms with Gasteiger partial charge in [0.25, 0.3) is 5.71 Å². The fraction of sp³-hybridized carbons (Fsp3) is 0.407. The van der Waals surface area contributed by atoms with Crippen LogP contribution in [0.25, 0.3) is 22.4 Å². The van der Waals surface area contributed by atoms with E-state index in [0.717, 1.165) is 23.4 Å². The van der Waals surface area contributed by atoms with Crippen LogP contribution in [-0.2, 0) is 23.8 Å². The predicted octanol–water partition coefficient (Wildman–Crippen LogP) is 5.85. The van der Waals surface area contributed by atoms with Crippen LogP contribution in [0.3, 0.4) is 0 Å². The zero-order chi connectivity index (χ0) is 26.9. The van der Waals surface area contributed by atoms with Crippen LogP contribution in [0.4, 0.5) is 19.0 Å². The highest BCUT2D eigenvalue weighted by molar-refractivity contribution is 7.10. The largest absolute Gasteiger partial charge is 0.416 e. The Bertz CT molecular complexity index is 1420. The molecule has 0 N–H and O–H groups in total. The Morgan fingerprint density at radius 2 is 1.95 bits per heavy atom. The van der Waals surface area contributed by atoms with E-state index < -0.39 is 11.7 Å². The SMILES string of the molecule is CC(C)Cc1nc(N2CCCN(C(=O)Cc3cccs3)CC2)c2c(-c3cccc(C(F)(F)F)c3)noc2n1. The van der Waals surface area contributed by atoms with E-state index in [2.05, 4.69) is 28.9 Å². The van der Waals surface area contributed by atoms with Gasteiger partial charge < -0.3 is 14.3 Å². The maximum Gasteiger partial charge on any atom is 0.416 e. The molecule has 1 amide bonds. The van der Waals surface area contributed by atoms with Gasteiger partial charge in [-0.2, -0.15) is 18.2 Å². The van der Waals surface area contributed by atoms with Gasteiger partial charge in [-0.3, -0.25) is 4.79 Å². The van der Waals surface area contributed by atoms with E-state index in [0.29, 0.717) is 62.0 Å². The molecule has 7 nitrogen and oxygen atoms in total. The number of halogens is 3. The van der Waals surface area contributed by atoms with E-state index in [1.54, 1.807) is 17.4 Å². The number of amides is 1. The van der Waals surface area contributed by atoms with Gasteiger partial charge in [-0.25, -0.2) is 4.98 Å². The van der Waals surface area contributed by atoms with Gasteiger partial charge in [0.1, 0.15) is 22.7 Å². The molecule has 200 valence electrons. The number of rotatable bonds is 6. The van der Waals surface area contributed by atoms with E-state index in [-0.39, 0.29) is 22.9 Å². The number of carbonyl (C=O) groups is 1. The Kier molecular flexibility index (Phi) is 7.38. The van der Waals surface area contributed by atoms with Gasteiger partial charge in [-0.1, -0.05) is 37.2 Å². The molecular weight excluding hydrogens is 515 g/mol. The van der Waals surface area contributed by atoms with Crippen molar-refractivity contribution in [1.82, 2.24) is 20.0 Å². The Morgan fingerprint density at radius 1 is 1.11 bits per heavy atom. The van der Waals surface area contributed by atoms with Crippen molar-refractivity contribution < 1.29 is 22.5 Å². The van der Waals surface area contributed by atoms with Crippen LogP contribution < -0.4 is 4.90 Å². The zero-order valence-corrected chi connectivity index (χ0v) is 22.0. The second kappa shape index (κ2) is 10.7. The molecule has 0 spiro atoms. The van der Waals surface area contributed by atoms with Gasteiger partial charge in [0.05, 0.1) is 12.0 Å².